The molecular weight excluding hydrogens is 678 g/mol. The fourth-order valence-electron chi connectivity index (χ4n) is 6.42. The molecule has 1 aliphatic heterocycles. The van der Waals surface area contributed by atoms with Crippen molar-refractivity contribution in [3.05, 3.63) is 81.4 Å². The smallest absolute Gasteiger partial charge is 0.374 e. The van der Waals surface area contributed by atoms with Gasteiger partial charge in [-0.1, -0.05) is 35.5 Å². The average Bonchev–Trinajstić information content (AvgIpc) is 3.64. The van der Waals surface area contributed by atoms with Crippen LogP contribution in [0.5, 0.6) is 46.0 Å². The Bertz CT molecular complexity index is 2240. The SMILES string of the molecule is COC(=O)c1cc2cc(C3CC(Cc4c(O)c(OC)c5c(OC)c(OC)cc(OC)c5c4OC)=NO3)c(OCc3ccccc3)c(OC)c2c(=O)o1. The van der Waals surface area contributed by atoms with Gasteiger partial charge < -0.3 is 52.3 Å². The summed E-state index contributed by atoms with van der Waals surface area (Å²) in [5.74, 6) is 0.520. The molecule has 2 heterocycles. The van der Waals surface area contributed by atoms with Crippen LogP contribution in [0.1, 0.15) is 39.8 Å². The van der Waals surface area contributed by atoms with Crippen molar-refractivity contribution in [1.82, 2.24) is 0 Å². The summed E-state index contributed by atoms with van der Waals surface area (Å²) in [4.78, 5) is 31.6. The van der Waals surface area contributed by atoms with Gasteiger partial charge in [-0.05, 0) is 23.1 Å². The Morgan fingerprint density at radius 2 is 1.48 bits per heavy atom. The predicted molar refractivity (Wildman–Crippen MR) is 189 cm³/mol. The number of aromatic hydroxyl groups is 1. The third-order valence-electron chi connectivity index (χ3n) is 8.75. The average molecular weight is 716 g/mol. The number of phenolic OH excluding ortho intramolecular Hbond substituents is 1. The van der Waals surface area contributed by atoms with E-state index in [0.717, 1.165) is 5.56 Å². The number of hydrogen-bond acceptors (Lipinski definition) is 14. The minimum atomic E-state index is -0.820. The summed E-state index contributed by atoms with van der Waals surface area (Å²) < 4.78 is 50.7. The molecule has 0 spiro atoms. The first kappa shape index (κ1) is 35.5. The second kappa shape index (κ2) is 14.9. The lowest BCUT2D eigenvalue weighted by molar-refractivity contribution is 0.0560. The number of fused-ring (bicyclic) bond motifs is 2. The molecule has 1 unspecified atom stereocenters. The first-order valence-corrected chi connectivity index (χ1v) is 16.0. The van der Waals surface area contributed by atoms with E-state index in [1.165, 1.54) is 55.8 Å². The number of oxime groups is 1. The lowest BCUT2D eigenvalue weighted by Gasteiger charge is -2.22. The van der Waals surface area contributed by atoms with Crippen LogP contribution in [0.3, 0.4) is 0 Å². The molecule has 52 heavy (non-hydrogen) atoms. The van der Waals surface area contributed by atoms with E-state index in [-0.39, 0.29) is 53.6 Å². The third-order valence-corrected chi connectivity index (χ3v) is 8.75. The molecule has 1 atom stereocenters. The van der Waals surface area contributed by atoms with E-state index < -0.39 is 17.7 Å². The molecular formula is C38H37NO13. The van der Waals surface area contributed by atoms with Crippen LogP contribution in [-0.4, -0.2) is 66.6 Å². The fraction of sp³-hybridized carbons (Fsp3) is 0.289. The van der Waals surface area contributed by atoms with Crippen molar-refractivity contribution in [3.63, 3.8) is 0 Å². The van der Waals surface area contributed by atoms with Crippen LogP contribution in [-0.2, 0) is 22.6 Å². The second-order valence-corrected chi connectivity index (χ2v) is 11.5. The molecule has 0 aliphatic carbocycles. The van der Waals surface area contributed by atoms with Crippen molar-refractivity contribution < 1.29 is 57.1 Å². The van der Waals surface area contributed by atoms with Crippen LogP contribution in [0, 0.1) is 0 Å². The number of nitrogens with zero attached hydrogens (tertiary/aromatic N) is 1. The summed E-state index contributed by atoms with van der Waals surface area (Å²) in [5, 5.41) is 17.3. The van der Waals surface area contributed by atoms with Gasteiger partial charge in [-0.15, -0.1) is 0 Å². The zero-order valence-electron chi connectivity index (χ0n) is 29.6. The second-order valence-electron chi connectivity index (χ2n) is 11.5. The number of rotatable bonds is 13. The molecule has 1 aliphatic rings. The molecule has 4 aromatic carbocycles. The van der Waals surface area contributed by atoms with Gasteiger partial charge in [-0.2, -0.15) is 0 Å². The van der Waals surface area contributed by atoms with Crippen LogP contribution >= 0.6 is 0 Å². The Hall–Kier alpha value is -6.31. The van der Waals surface area contributed by atoms with Gasteiger partial charge >= 0.3 is 11.6 Å². The number of benzene rings is 4. The van der Waals surface area contributed by atoms with E-state index in [2.05, 4.69) is 5.16 Å². The Balaban J connectivity index is 1.45. The maximum atomic E-state index is 13.2. The largest absolute Gasteiger partial charge is 0.504 e. The molecule has 1 N–H and O–H groups in total. The van der Waals surface area contributed by atoms with Crippen molar-refractivity contribution in [1.29, 1.82) is 0 Å². The molecule has 272 valence electrons. The molecule has 0 radical (unpaired) electrons. The van der Waals surface area contributed by atoms with Gasteiger partial charge in [0.05, 0.1) is 66.3 Å². The fourth-order valence-corrected chi connectivity index (χ4v) is 6.42. The molecule has 1 aromatic heterocycles. The Kier molecular flexibility index (Phi) is 10.2. The summed E-state index contributed by atoms with van der Waals surface area (Å²) in [7, 11) is 9.98. The van der Waals surface area contributed by atoms with Gasteiger partial charge in [-0.3, -0.25) is 0 Å². The zero-order valence-corrected chi connectivity index (χ0v) is 29.6. The van der Waals surface area contributed by atoms with Crippen molar-refractivity contribution in [2.45, 2.75) is 25.6 Å². The first-order chi connectivity index (χ1) is 25.2. The van der Waals surface area contributed by atoms with Gasteiger partial charge in [0.1, 0.15) is 23.5 Å². The quantitative estimate of drug-likeness (QED) is 0.139. The van der Waals surface area contributed by atoms with E-state index in [1.54, 1.807) is 12.1 Å². The summed E-state index contributed by atoms with van der Waals surface area (Å²) >= 11 is 0. The van der Waals surface area contributed by atoms with Gasteiger partial charge in [0.15, 0.2) is 40.6 Å². The molecule has 0 bridgehead atoms. The number of phenols is 1. The maximum absolute atomic E-state index is 13.2. The van der Waals surface area contributed by atoms with E-state index >= 15 is 0 Å². The Labute approximate surface area is 297 Å². The van der Waals surface area contributed by atoms with E-state index in [0.29, 0.717) is 56.0 Å². The highest BCUT2D eigenvalue weighted by Crippen LogP contribution is 2.55. The first-order valence-electron chi connectivity index (χ1n) is 16.0. The van der Waals surface area contributed by atoms with Crippen molar-refractivity contribution in [3.8, 4) is 46.0 Å². The Morgan fingerprint density at radius 3 is 2.12 bits per heavy atom. The number of ether oxygens (including phenoxy) is 8. The highest BCUT2D eigenvalue weighted by atomic mass is 16.6. The molecule has 0 fully saturated rings. The van der Waals surface area contributed by atoms with Crippen LogP contribution in [0.2, 0.25) is 0 Å². The number of hydrogen-bond donors (Lipinski definition) is 1. The lowest BCUT2D eigenvalue weighted by atomic mass is 9.94. The molecule has 6 rings (SSSR count). The van der Waals surface area contributed by atoms with Crippen molar-refractivity contribution in [2.24, 2.45) is 5.16 Å². The van der Waals surface area contributed by atoms with E-state index in [1.807, 2.05) is 30.3 Å². The third kappa shape index (κ3) is 6.16. The summed E-state index contributed by atoms with van der Waals surface area (Å²) in [6.45, 7) is 0.139. The van der Waals surface area contributed by atoms with Crippen molar-refractivity contribution in [2.75, 3.05) is 49.8 Å². The van der Waals surface area contributed by atoms with Gasteiger partial charge in [-0.25, -0.2) is 9.59 Å². The minimum absolute atomic E-state index is 0.0695. The summed E-state index contributed by atoms with van der Waals surface area (Å²) in [6, 6.07) is 14.2. The van der Waals surface area contributed by atoms with Crippen LogP contribution in [0.15, 0.2) is 62.9 Å². The number of methoxy groups -OCH3 is 7. The minimum Gasteiger partial charge on any atom is -0.504 e. The lowest BCUT2D eigenvalue weighted by Crippen LogP contribution is -2.12. The highest BCUT2D eigenvalue weighted by molar-refractivity contribution is 6.07. The maximum Gasteiger partial charge on any atom is 0.374 e. The molecule has 14 nitrogen and oxygen atoms in total. The summed E-state index contributed by atoms with van der Waals surface area (Å²) in [5.41, 5.74) is 1.44. The molecule has 0 saturated heterocycles. The predicted octanol–water partition coefficient (Wildman–Crippen LogP) is 6.13. The normalized spacial score (nSPS) is 13.7. The van der Waals surface area contributed by atoms with Crippen LogP contribution in [0.4, 0.5) is 0 Å². The molecule has 0 amide bonds. The highest BCUT2D eigenvalue weighted by Gasteiger charge is 2.34. The monoisotopic (exact) mass is 715 g/mol. The molecule has 0 saturated carbocycles. The zero-order chi connectivity index (χ0) is 37.1. The summed E-state index contributed by atoms with van der Waals surface area (Å²) in [6.07, 6.45) is -0.425. The van der Waals surface area contributed by atoms with Crippen LogP contribution < -0.4 is 38.8 Å². The van der Waals surface area contributed by atoms with E-state index in [4.69, 9.17) is 47.1 Å². The standard InChI is InChI=1S/C38H37NO13/c1-43-25-17-26(44-2)34(46-4)30-29(25)32(45-3)23(31(40)35(30)47-5)15-21-16-24(52-39-21)22-13-20-14-27(37(41)49-7)51-38(42)28(20)36(48-6)33(22)50-18-19-11-9-8-10-12-19/h8-14,17,24,40H,15-16,18H2,1-7H3. The number of esters is 1. The van der Waals surface area contributed by atoms with Crippen LogP contribution in [0.25, 0.3) is 21.5 Å². The number of carbonyl (C=O) groups is 1. The Morgan fingerprint density at radius 1 is 0.788 bits per heavy atom. The molecule has 5 aromatic rings. The van der Waals surface area contributed by atoms with Crippen molar-refractivity contribution >= 4 is 33.2 Å². The van der Waals surface area contributed by atoms with E-state index in [9.17, 15) is 14.7 Å². The van der Waals surface area contributed by atoms with Gasteiger partial charge in [0, 0.05) is 30.0 Å². The molecule has 14 heteroatoms. The topological polar surface area (TPSA) is 163 Å². The van der Waals surface area contributed by atoms with Gasteiger partial charge in [0.2, 0.25) is 5.76 Å². The van der Waals surface area contributed by atoms with Gasteiger partial charge in [0.25, 0.3) is 0 Å². The number of carbonyl (C=O) groups excluding carboxylic acids is 1.